The van der Waals surface area contributed by atoms with Crippen molar-refractivity contribution in [3.05, 3.63) is 34.9 Å². The summed E-state index contributed by atoms with van der Waals surface area (Å²) >= 11 is 10.9. The Morgan fingerprint density at radius 1 is 1.46 bits per heavy atom. The average Bonchev–Trinajstić information content (AvgIpc) is 2.15. The Hall–Kier alpha value is -0.730. The van der Waals surface area contributed by atoms with E-state index < -0.39 is 0 Å². The van der Waals surface area contributed by atoms with Crippen molar-refractivity contribution in [2.45, 2.75) is 6.92 Å². The highest BCUT2D eigenvalue weighted by atomic mass is 35.5. The minimum atomic E-state index is 0.721. The first kappa shape index (κ1) is 10.4. The van der Waals surface area contributed by atoms with E-state index in [9.17, 15) is 0 Å². The summed E-state index contributed by atoms with van der Waals surface area (Å²) in [6.45, 7) is 2.73. The van der Waals surface area contributed by atoms with E-state index in [1.165, 1.54) is 0 Å². The maximum atomic E-state index is 5.74. The van der Waals surface area contributed by atoms with Crippen LogP contribution in [0.4, 0.5) is 0 Å². The molecule has 13 heavy (non-hydrogen) atoms. The van der Waals surface area contributed by atoms with Crippen LogP contribution >= 0.6 is 23.8 Å². The van der Waals surface area contributed by atoms with E-state index in [0.29, 0.717) is 0 Å². The molecule has 0 bridgehead atoms. The molecule has 0 aliphatic rings. The van der Waals surface area contributed by atoms with Crippen molar-refractivity contribution in [1.82, 2.24) is 0 Å². The Morgan fingerprint density at radius 3 is 2.62 bits per heavy atom. The molecule has 1 aromatic carbocycles. The predicted molar refractivity (Wildman–Crippen MR) is 62.2 cm³/mol. The van der Waals surface area contributed by atoms with Gasteiger partial charge < -0.3 is 0 Å². The normalized spacial score (nSPS) is 10.6. The zero-order chi connectivity index (χ0) is 9.68. The highest BCUT2D eigenvalue weighted by molar-refractivity contribution is 7.82. The standard InChI is InChI=1S/C10H10ClNS/c1-2-12-7-10(13)8-3-5-9(11)6-4-8/h3-7H,2H2,1H3. The van der Waals surface area contributed by atoms with Gasteiger partial charge in [0, 0.05) is 17.8 Å². The van der Waals surface area contributed by atoms with Gasteiger partial charge in [0.2, 0.25) is 0 Å². The highest BCUT2D eigenvalue weighted by Crippen LogP contribution is 2.09. The molecule has 0 amide bonds. The molecule has 0 atom stereocenters. The fourth-order valence-electron chi connectivity index (χ4n) is 0.863. The Bertz CT molecular complexity index is 316. The number of hydrogen-bond acceptors (Lipinski definition) is 2. The molecule has 0 heterocycles. The fraction of sp³-hybridized carbons (Fsp3) is 0.200. The van der Waals surface area contributed by atoms with Crippen molar-refractivity contribution in [1.29, 1.82) is 0 Å². The lowest BCUT2D eigenvalue weighted by molar-refractivity contribution is 1.14. The van der Waals surface area contributed by atoms with Gasteiger partial charge in [0.15, 0.2) is 0 Å². The van der Waals surface area contributed by atoms with Crippen molar-refractivity contribution >= 4 is 34.9 Å². The maximum absolute atomic E-state index is 5.74. The van der Waals surface area contributed by atoms with Gasteiger partial charge in [-0.2, -0.15) is 0 Å². The van der Waals surface area contributed by atoms with Gasteiger partial charge in [-0.1, -0.05) is 36.0 Å². The molecular formula is C10H10ClNS. The van der Waals surface area contributed by atoms with E-state index in [1.807, 2.05) is 31.2 Å². The minimum absolute atomic E-state index is 0.721. The first-order valence-corrected chi connectivity index (χ1v) is 4.82. The van der Waals surface area contributed by atoms with Crippen molar-refractivity contribution < 1.29 is 0 Å². The first-order valence-electron chi connectivity index (χ1n) is 4.03. The van der Waals surface area contributed by atoms with Crippen molar-refractivity contribution in [3.8, 4) is 0 Å². The SMILES string of the molecule is CCN=CC(=S)c1ccc(Cl)cc1. The van der Waals surface area contributed by atoms with Crippen LogP contribution in [0, 0.1) is 0 Å². The lowest BCUT2D eigenvalue weighted by Crippen LogP contribution is -1.98. The van der Waals surface area contributed by atoms with E-state index >= 15 is 0 Å². The van der Waals surface area contributed by atoms with Crippen LogP contribution in [0.3, 0.4) is 0 Å². The van der Waals surface area contributed by atoms with Crippen LogP contribution in [0.1, 0.15) is 12.5 Å². The molecule has 0 aromatic heterocycles. The van der Waals surface area contributed by atoms with Crippen LogP contribution in [0.5, 0.6) is 0 Å². The van der Waals surface area contributed by atoms with Crippen LogP contribution in [0.15, 0.2) is 29.3 Å². The third-order valence-corrected chi connectivity index (χ3v) is 2.11. The molecule has 0 saturated heterocycles. The summed E-state index contributed by atoms with van der Waals surface area (Å²) in [6.07, 6.45) is 1.71. The van der Waals surface area contributed by atoms with Gasteiger partial charge >= 0.3 is 0 Å². The van der Waals surface area contributed by atoms with E-state index in [0.717, 1.165) is 22.0 Å². The average molecular weight is 212 g/mol. The lowest BCUT2D eigenvalue weighted by atomic mass is 10.2. The molecule has 0 unspecified atom stereocenters. The number of thiocarbonyl (C=S) groups is 1. The molecule has 1 rings (SSSR count). The van der Waals surface area contributed by atoms with Gasteiger partial charge in [0.05, 0.1) is 4.86 Å². The van der Waals surface area contributed by atoms with E-state index in [-0.39, 0.29) is 0 Å². The highest BCUT2D eigenvalue weighted by Gasteiger charge is 1.96. The van der Waals surface area contributed by atoms with Crippen LogP contribution in [0.2, 0.25) is 5.02 Å². The second-order valence-electron chi connectivity index (χ2n) is 2.50. The van der Waals surface area contributed by atoms with Crippen molar-refractivity contribution in [2.24, 2.45) is 4.99 Å². The van der Waals surface area contributed by atoms with Crippen LogP contribution in [-0.2, 0) is 0 Å². The molecule has 1 nitrogen and oxygen atoms in total. The quantitative estimate of drug-likeness (QED) is 0.425. The molecule has 0 radical (unpaired) electrons. The molecule has 0 saturated carbocycles. The molecule has 0 aliphatic carbocycles. The molecule has 0 N–H and O–H groups in total. The summed E-state index contributed by atoms with van der Waals surface area (Å²) in [6, 6.07) is 7.44. The number of benzene rings is 1. The van der Waals surface area contributed by atoms with Crippen molar-refractivity contribution in [2.75, 3.05) is 6.54 Å². The second kappa shape index (κ2) is 5.10. The van der Waals surface area contributed by atoms with Crippen LogP contribution < -0.4 is 0 Å². The Morgan fingerprint density at radius 2 is 2.08 bits per heavy atom. The van der Waals surface area contributed by atoms with Gasteiger partial charge in [-0.25, -0.2) is 0 Å². The summed E-state index contributed by atoms with van der Waals surface area (Å²) in [7, 11) is 0. The third kappa shape index (κ3) is 3.25. The second-order valence-corrected chi connectivity index (χ2v) is 3.38. The zero-order valence-corrected chi connectivity index (χ0v) is 8.90. The summed E-state index contributed by atoms with van der Waals surface area (Å²) in [5, 5.41) is 0.721. The minimum Gasteiger partial charge on any atom is -0.292 e. The number of rotatable bonds is 3. The predicted octanol–water partition coefficient (Wildman–Crippen LogP) is 3.15. The van der Waals surface area contributed by atoms with Gasteiger partial charge in [-0.05, 0) is 24.6 Å². The molecule has 3 heteroatoms. The largest absolute Gasteiger partial charge is 0.292 e. The molecular weight excluding hydrogens is 202 g/mol. The molecule has 0 fully saturated rings. The van der Waals surface area contributed by atoms with Crippen LogP contribution in [-0.4, -0.2) is 17.6 Å². The van der Waals surface area contributed by atoms with Gasteiger partial charge in [-0.3, -0.25) is 4.99 Å². The van der Waals surface area contributed by atoms with E-state index in [2.05, 4.69) is 4.99 Å². The van der Waals surface area contributed by atoms with Gasteiger partial charge in [-0.15, -0.1) is 0 Å². The number of hydrogen-bond donors (Lipinski definition) is 0. The number of aliphatic imine (C=N–C) groups is 1. The number of halogens is 1. The topological polar surface area (TPSA) is 12.4 Å². The van der Waals surface area contributed by atoms with E-state index in [1.54, 1.807) is 6.21 Å². The number of nitrogens with zero attached hydrogens (tertiary/aromatic N) is 1. The molecule has 1 aromatic rings. The monoisotopic (exact) mass is 211 g/mol. The Kier molecular flexibility index (Phi) is 4.06. The lowest BCUT2D eigenvalue weighted by Gasteiger charge is -1.97. The Balaban J connectivity index is 2.78. The molecule has 0 spiro atoms. The Labute approximate surface area is 88.4 Å². The van der Waals surface area contributed by atoms with Gasteiger partial charge in [0.1, 0.15) is 0 Å². The first-order chi connectivity index (χ1) is 6.24. The fourth-order valence-corrected chi connectivity index (χ4v) is 1.20. The maximum Gasteiger partial charge on any atom is 0.0627 e. The summed E-state index contributed by atoms with van der Waals surface area (Å²) in [5.41, 5.74) is 0.983. The summed E-state index contributed by atoms with van der Waals surface area (Å²) in [5.74, 6) is 0. The smallest absolute Gasteiger partial charge is 0.0627 e. The third-order valence-electron chi connectivity index (χ3n) is 1.52. The van der Waals surface area contributed by atoms with Gasteiger partial charge in [0.25, 0.3) is 0 Å². The molecule has 0 aliphatic heterocycles. The summed E-state index contributed by atoms with van der Waals surface area (Å²) < 4.78 is 0. The van der Waals surface area contributed by atoms with Crippen molar-refractivity contribution in [3.63, 3.8) is 0 Å². The zero-order valence-electron chi connectivity index (χ0n) is 7.33. The molecule has 68 valence electrons. The van der Waals surface area contributed by atoms with Crippen LogP contribution in [0.25, 0.3) is 0 Å². The van der Waals surface area contributed by atoms with E-state index in [4.69, 9.17) is 23.8 Å². The summed E-state index contributed by atoms with van der Waals surface area (Å²) in [4.78, 5) is 4.82.